The molecule has 4 rings (SSSR count). The number of benzene rings is 1. The number of Topliss-reactive ketones (excluding diaryl/α,β-unsaturated/α-hetero) is 1. The van der Waals surface area contributed by atoms with E-state index in [2.05, 4.69) is 20.3 Å². The summed E-state index contributed by atoms with van der Waals surface area (Å²) in [4.78, 5) is 36.7. The van der Waals surface area contributed by atoms with E-state index < -0.39 is 5.97 Å². The van der Waals surface area contributed by atoms with Gasteiger partial charge in [-0.05, 0) is 43.0 Å². The SMILES string of the molecule is CC(=O)Cc1cccc(Nc2ncc3c(n2)-c2nc(C(=O)O)sc2CC3)c1. The molecule has 0 fully saturated rings. The predicted octanol–water partition coefficient (Wildman–Crippen LogP) is 3.27. The Labute approximate surface area is 159 Å². The number of fused-ring (bicyclic) bond motifs is 3. The van der Waals surface area contributed by atoms with Crippen molar-refractivity contribution in [1.29, 1.82) is 0 Å². The number of nitrogens with zero attached hydrogens (tertiary/aromatic N) is 3. The number of aromatic nitrogens is 3. The molecule has 0 saturated carbocycles. The molecule has 0 amide bonds. The van der Waals surface area contributed by atoms with Gasteiger partial charge in [-0.25, -0.2) is 19.7 Å². The van der Waals surface area contributed by atoms with Crippen LogP contribution in [0.4, 0.5) is 11.6 Å². The Hall–Kier alpha value is -3.13. The van der Waals surface area contributed by atoms with Gasteiger partial charge in [0.05, 0.1) is 5.69 Å². The maximum absolute atomic E-state index is 11.3. The second kappa shape index (κ2) is 6.88. The molecule has 136 valence electrons. The van der Waals surface area contributed by atoms with Gasteiger partial charge in [0.15, 0.2) is 0 Å². The average molecular weight is 380 g/mol. The second-order valence-electron chi connectivity index (χ2n) is 6.37. The normalized spacial score (nSPS) is 12.2. The fourth-order valence-electron chi connectivity index (χ4n) is 3.08. The van der Waals surface area contributed by atoms with E-state index in [4.69, 9.17) is 0 Å². The quantitative estimate of drug-likeness (QED) is 0.700. The zero-order valence-electron chi connectivity index (χ0n) is 14.5. The van der Waals surface area contributed by atoms with Crippen molar-refractivity contribution in [2.24, 2.45) is 0 Å². The van der Waals surface area contributed by atoms with Crippen LogP contribution in [0.15, 0.2) is 30.5 Å². The van der Waals surface area contributed by atoms with Crippen LogP contribution in [0.25, 0.3) is 11.4 Å². The number of thiazole rings is 1. The van der Waals surface area contributed by atoms with E-state index in [9.17, 15) is 14.7 Å². The zero-order chi connectivity index (χ0) is 19.0. The standard InChI is InChI=1S/C19H16N4O3S/c1-10(24)7-11-3-2-4-13(8-11)21-19-20-9-12-5-6-14-16(15(12)23-19)22-17(27-14)18(25)26/h2-4,8-9H,5-7H2,1H3,(H,25,26)(H,20,21,23). The maximum Gasteiger partial charge on any atom is 0.365 e. The van der Waals surface area contributed by atoms with E-state index >= 15 is 0 Å². The number of carboxylic acid groups (broad SMARTS) is 1. The summed E-state index contributed by atoms with van der Waals surface area (Å²) in [6.45, 7) is 1.56. The zero-order valence-corrected chi connectivity index (χ0v) is 15.3. The van der Waals surface area contributed by atoms with Crippen molar-refractivity contribution in [3.8, 4) is 11.4 Å². The van der Waals surface area contributed by atoms with Gasteiger partial charge in [0, 0.05) is 23.2 Å². The average Bonchev–Trinajstić information content (AvgIpc) is 3.06. The molecular formula is C19H16N4O3S. The van der Waals surface area contributed by atoms with Crippen molar-refractivity contribution in [1.82, 2.24) is 15.0 Å². The first-order valence-corrected chi connectivity index (χ1v) is 9.26. The Morgan fingerprint density at radius 3 is 2.85 bits per heavy atom. The third kappa shape index (κ3) is 3.56. The maximum atomic E-state index is 11.3. The summed E-state index contributed by atoms with van der Waals surface area (Å²) in [5, 5.41) is 12.4. The van der Waals surface area contributed by atoms with Gasteiger partial charge in [-0.3, -0.25) is 4.79 Å². The van der Waals surface area contributed by atoms with Crippen LogP contribution >= 0.6 is 11.3 Å². The lowest BCUT2D eigenvalue weighted by molar-refractivity contribution is -0.116. The number of anilines is 2. The van der Waals surface area contributed by atoms with Crippen LogP contribution in [0.3, 0.4) is 0 Å². The van der Waals surface area contributed by atoms with E-state index in [0.717, 1.165) is 34.5 Å². The fourth-order valence-corrected chi connectivity index (χ4v) is 3.98. The Morgan fingerprint density at radius 2 is 2.07 bits per heavy atom. The van der Waals surface area contributed by atoms with Crippen LogP contribution in [-0.2, 0) is 24.1 Å². The van der Waals surface area contributed by atoms with Crippen LogP contribution in [0.5, 0.6) is 0 Å². The molecule has 0 spiro atoms. The summed E-state index contributed by atoms with van der Waals surface area (Å²) >= 11 is 1.20. The molecule has 3 aromatic rings. The Bertz CT molecular complexity index is 1060. The van der Waals surface area contributed by atoms with E-state index in [1.807, 2.05) is 24.3 Å². The summed E-state index contributed by atoms with van der Waals surface area (Å²) in [6, 6.07) is 7.54. The summed E-state index contributed by atoms with van der Waals surface area (Å²) in [7, 11) is 0. The highest BCUT2D eigenvalue weighted by molar-refractivity contribution is 7.14. The third-order valence-corrected chi connectivity index (χ3v) is 5.33. The van der Waals surface area contributed by atoms with Gasteiger partial charge in [0.1, 0.15) is 11.5 Å². The van der Waals surface area contributed by atoms with Gasteiger partial charge in [0.2, 0.25) is 11.0 Å². The minimum absolute atomic E-state index is 0.0814. The van der Waals surface area contributed by atoms with Crippen LogP contribution in [0.1, 0.15) is 32.7 Å². The first-order chi connectivity index (χ1) is 13.0. The number of hydrogen-bond donors (Lipinski definition) is 2. The van der Waals surface area contributed by atoms with Gasteiger partial charge in [-0.15, -0.1) is 11.3 Å². The molecule has 0 bridgehead atoms. The number of carbonyl (C=O) groups is 2. The van der Waals surface area contributed by atoms with Crippen molar-refractivity contribution in [3.05, 3.63) is 51.5 Å². The minimum Gasteiger partial charge on any atom is -0.476 e. The summed E-state index contributed by atoms with van der Waals surface area (Å²) < 4.78 is 0. The van der Waals surface area contributed by atoms with Crippen molar-refractivity contribution < 1.29 is 14.7 Å². The van der Waals surface area contributed by atoms with Crippen molar-refractivity contribution >= 4 is 34.7 Å². The Kier molecular flexibility index (Phi) is 4.41. The number of aryl methyl sites for hydroxylation is 2. The Morgan fingerprint density at radius 1 is 1.22 bits per heavy atom. The van der Waals surface area contributed by atoms with Gasteiger partial charge in [-0.1, -0.05) is 12.1 Å². The smallest absolute Gasteiger partial charge is 0.365 e. The topological polar surface area (TPSA) is 105 Å². The molecule has 2 N–H and O–H groups in total. The number of carbonyl (C=O) groups excluding carboxylic acids is 1. The highest BCUT2D eigenvalue weighted by Crippen LogP contribution is 2.35. The molecule has 2 aromatic heterocycles. The van der Waals surface area contributed by atoms with E-state index in [1.54, 1.807) is 13.1 Å². The first-order valence-electron chi connectivity index (χ1n) is 8.44. The van der Waals surface area contributed by atoms with E-state index in [1.165, 1.54) is 11.3 Å². The molecule has 0 unspecified atom stereocenters. The summed E-state index contributed by atoms with van der Waals surface area (Å²) in [6.07, 6.45) is 3.64. The molecule has 1 aliphatic carbocycles. The Balaban J connectivity index is 1.65. The number of rotatable bonds is 5. The van der Waals surface area contributed by atoms with Gasteiger partial charge in [0.25, 0.3) is 0 Å². The highest BCUT2D eigenvalue weighted by Gasteiger charge is 2.25. The molecule has 0 atom stereocenters. The van der Waals surface area contributed by atoms with E-state index in [0.29, 0.717) is 23.8 Å². The lowest BCUT2D eigenvalue weighted by Crippen LogP contribution is -2.08. The number of ketones is 1. The molecule has 1 aromatic carbocycles. The molecule has 7 nitrogen and oxygen atoms in total. The monoisotopic (exact) mass is 380 g/mol. The molecule has 0 radical (unpaired) electrons. The summed E-state index contributed by atoms with van der Waals surface area (Å²) in [5.41, 5.74) is 3.97. The predicted molar refractivity (Wildman–Crippen MR) is 102 cm³/mol. The van der Waals surface area contributed by atoms with Crippen molar-refractivity contribution in [2.45, 2.75) is 26.2 Å². The van der Waals surface area contributed by atoms with Gasteiger partial charge >= 0.3 is 5.97 Å². The molecule has 0 saturated heterocycles. The van der Waals surface area contributed by atoms with Crippen molar-refractivity contribution in [3.63, 3.8) is 0 Å². The molecule has 2 heterocycles. The number of hydrogen-bond acceptors (Lipinski definition) is 7. The van der Waals surface area contributed by atoms with Crippen LogP contribution in [-0.4, -0.2) is 31.8 Å². The van der Waals surface area contributed by atoms with Gasteiger partial charge < -0.3 is 10.4 Å². The molecule has 1 aliphatic rings. The molecular weight excluding hydrogens is 364 g/mol. The fraction of sp³-hybridized carbons (Fsp3) is 0.211. The lowest BCUT2D eigenvalue weighted by atomic mass is 10.00. The molecule has 27 heavy (non-hydrogen) atoms. The molecule has 8 heteroatoms. The lowest BCUT2D eigenvalue weighted by Gasteiger charge is -2.15. The van der Waals surface area contributed by atoms with Crippen LogP contribution in [0, 0.1) is 0 Å². The molecule has 0 aliphatic heterocycles. The second-order valence-corrected chi connectivity index (χ2v) is 7.45. The largest absolute Gasteiger partial charge is 0.476 e. The minimum atomic E-state index is -1.02. The van der Waals surface area contributed by atoms with E-state index in [-0.39, 0.29) is 10.8 Å². The highest BCUT2D eigenvalue weighted by atomic mass is 32.1. The first kappa shape index (κ1) is 17.3. The van der Waals surface area contributed by atoms with Crippen LogP contribution < -0.4 is 5.32 Å². The van der Waals surface area contributed by atoms with Crippen molar-refractivity contribution in [2.75, 3.05) is 5.32 Å². The number of nitrogens with one attached hydrogen (secondary N) is 1. The summed E-state index contributed by atoms with van der Waals surface area (Å²) in [5.74, 6) is -0.514. The van der Waals surface area contributed by atoms with Crippen LogP contribution in [0.2, 0.25) is 0 Å². The number of carboxylic acids is 1. The number of aromatic carboxylic acids is 1. The van der Waals surface area contributed by atoms with Gasteiger partial charge in [-0.2, -0.15) is 0 Å². The third-order valence-electron chi connectivity index (χ3n) is 4.23.